The van der Waals surface area contributed by atoms with E-state index in [0.717, 1.165) is 12.0 Å². The highest BCUT2D eigenvalue weighted by molar-refractivity contribution is 5.99. The predicted molar refractivity (Wildman–Crippen MR) is 50.2 cm³/mol. The lowest BCUT2D eigenvalue weighted by Gasteiger charge is -2.03. The number of hydrogen-bond acceptors (Lipinski definition) is 2. The molecule has 0 aromatic heterocycles. The first-order chi connectivity index (χ1) is 5.65. The molecule has 0 radical (unpaired) electrons. The fourth-order valence-electron chi connectivity index (χ4n) is 1.15. The van der Waals surface area contributed by atoms with Crippen molar-refractivity contribution in [2.24, 2.45) is 0 Å². The van der Waals surface area contributed by atoms with Gasteiger partial charge in [-0.25, -0.2) is 0 Å². The van der Waals surface area contributed by atoms with Crippen LogP contribution in [-0.2, 0) is 6.42 Å². The summed E-state index contributed by atoms with van der Waals surface area (Å²) in [6, 6.07) is 5.58. The SMILES string of the molecule is CCc1ccc(C(C)=O)c(N)c1. The lowest BCUT2D eigenvalue weighted by molar-refractivity contribution is 0.101. The fourth-order valence-corrected chi connectivity index (χ4v) is 1.15. The second kappa shape index (κ2) is 3.39. The molecule has 2 nitrogen and oxygen atoms in total. The molecule has 0 fully saturated rings. The number of nitrogens with two attached hydrogens (primary N) is 1. The van der Waals surface area contributed by atoms with Crippen LogP contribution in [0.25, 0.3) is 0 Å². The summed E-state index contributed by atoms with van der Waals surface area (Å²) in [7, 11) is 0. The molecule has 1 rings (SSSR count). The van der Waals surface area contributed by atoms with Gasteiger partial charge >= 0.3 is 0 Å². The van der Waals surface area contributed by atoms with Crippen molar-refractivity contribution >= 4 is 11.5 Å². The first-order valence-corrected chi connectivity index (χ1v) is 4.04. The molecule has 1 aromatic rings. The van der Waals surface area contributed by atoms with E-state index >= 15 is 0 Å². The van der Waals surface area contributed by atoms with Crippen LogP contribution in [0.5, 0.6) is 0 Å². The monoisotopic (exact) mass is 163 g/mol. The van der Waals surface area contributed by atoms with Crippen LogP contribution in [0.2, 0.25) is 0 Å². The van der Waals surface area contributed by atoms with Crippen LogP contribution in [0, 0.1) is 0 Å². The van der Waals surface area contributed by atoms with Gasteiger partial charge in [0.15, 0.2) is 5.78 Å². The molecule has 0 aliphatic heterocycles. The molecule has 0 saturated carbocycles. The van der Waals surface area contributed by atoms with Crippen molar-refractivity contribution < 1.29 is 4.79 Å². The number of nitrogen functional groups attached to an aromatic ring is 1. The number of Topliss-reactive ketones (excluding diaryl/α,β-unsaturated/α-hetero) is 1. The number of aryl methyl sites for hydroxylation is 1. The van der Waals surface area contributed by atoms with Gasteiger partial charge in [0.1, 0.15) is 0 Å². The first kappa shape index (κ1) is 8.78. The zero-order valence-electron chi connectivity index (χ0n) is 7.42. The summed E-state index contributed by atoms with van der Waals surface area (Å²) in [4.78, 5) is 11.0. The number of hydrogen-bond donors (Lipinski definition) is 1. The highest BCUT2D eigenvalue weighted by atomic mass is 16.1. The number of rotatable bonds is 2. The Hall–Kier alpha value is -1.31. The standard InChI is InChI=1S/C10H13NO/c1-3-8-4-5-9(7(2)12)10(11)6-8/h4-6H,3,11H2,1-2H3. The molecule has 0 unspecified atom stereocenters. The van der Waals surface area contributed by atoms with Crippen LogP contribution < -0.4 is 5.73 Å². The van der Waals surface area contributed by atoms with Gasteiger partial charge in [0.05, 0.1) is 0 Å². The molecule has 0 amide bonds. The lowest BCUT2D eigenvalue weighted by atomic mass is 10.1. The van der Waals surface area contributed by atoms with Gasteiger partial charge in [0, 0.05) is 11.3 Å². The zero-order valence-corrected chi connectivity index (χ0v) is 7.42. The van der Waals surface area contributed by atoms with Crippen LogP contribution in [-0.4, -0.2) is 5.78 Å². The van der Waals surface area contributed by atoms with E-state index in [-0.39, 0.29) is 5.78 Å². The van der Waals surface area contributed by atoms with E-state index < -0.39 is 0 Å². The average Bonchev–Trinajstić information content (AvgIpc) is 2.03. The van der Waals surface area contributed by atoms with Crippen molar-refractivity contribution in [1.82, 2.24) is 0 Å². The molecular weight excluding hydrogens is 150 g/mol. The van der Waals surface area contributed by atoms with E-state index in [0.29, 0.717) is 11.3 Å². The Morgan fingerprint density at radius 3 is 2.58 bits per heavy atom. The number of anilines is 1. The van der Waals surface area contributed by atoms with E-state index in [1.54, 1.807) is 6.07 Å². The van der Waals surface area contributed by atoms with Crippen molar-refractivity contribution in [1.29, 1.82) is 0 Å². The minimum absolute atomic E-state index is 0.0233. The van der Waals surface area contributed by atoms with Gasteiger partial charge in [0.25, 0.3) is 0 Å². The molecule has 0 saturated heterocycles. The highest BCUT2D eigenvalue weighted by Gasteiger charge is 2.03. The van der Waals surface area contributed by atoms with E-state index in [9.17, 15) is 4.79 Å². The van der Waals surface area contributed by atoms with Crippen LogP contribution in [0.15, 0.2) is 18.2 Å². The minimum Gasteiger partial charge on any atom is -0.398 e. The zero-order chi connectivity index (χ0) is 9.14. The summed E-state index contributed by atoms with van der Waals surface area (Å²) in [6.45, 7) is 3.58. The predicted octanol–water partition coefficient (Wildman–Crippen LogP) is 2.03. The molecule has 2 heteroatoms. The maximum Gasteiger partial charge on any atom is 0.161 e. The molecule has 64 valence electrons. The second-order valence-corrected chi connectivity index (χ2v) is 2.83. The van der Waals surface area contributed by atoms with E-state index in [2.05, 4.69) is 6.92 Å². The molecule has 2 N–H and O–H groups in total. The quantitative estimate of drug-likeness (QED) is 0.535. The molecule has 0 heterocycles. The van der Waals surface area contributed by atoms with Gasteiger partial charge in [-0.3, -0.25) is 4.79 Å². The molecular formula is C10H13NO. The van der Waals surface area contributed by atoms with Crippen LogP contribution in [0.1, 0.15) is 29.8 Å². The van der Waals surface area contributed by atoms with E-state index in [4.69, 9.17) is 5.73 Å². The normalized spacial score (nSPS) is 9.83. The molecule has 12 heavy (non-hydrogen) atoms. The number of carbonyl (C=O) groups is 1. The molecule has 0 aliphatic rings. The third-order valence-corrected chi connectivity index (χ3v) is 1.90. The van der Waals surface area contributed by atoms with Crippen LogP contribution >= 0.6 is 0 Å². The largest absolute Gasteiger partial charge is 0.398 e. The van der Waals surface area contributed by atoms with Gasteiger partial charge in [-0.05, 0) is 31.0 Å². The molecule has 0 aliphatic carbocycles. The average molecular weight is 163 g/mol. The third kappa shape index (κ3) is 1.64. The lowest BCUT2D eigenvalue weighted by Crippen LogP contribution is -2.00. The fraction of sp³-hybridized carbons (Fsp3) is 0.300. The Balaban J connectivity index is 3.12. The summed E-state index contributed by atoms with van der Waals surface area (Å²) < 4.78 is 0. The van der Waals surface area contributed by atoms with Gasteiger partial charge < -0.3 is 5.73 Å². The number of ketones is 1. The molecule has 0 spiro atoms. The van der Waals surface area contributed by atoms with Gasteiger partial charge in [0.2, 0.25) is 0 Å². The maximum atomic E-state index is 11.0. The van der Waals surface area contributed by atoms with Gasteiger partial charge in [-0.1, -0.05) is 13.0 Å². The summed E-state index contributed by atoms with van der Waals surface area (Å²) in [5.41, 5.74) is 8.04. The molecule has 1 aromatic carbocycles. The Morgan fingerprint density at radius 2 is 2.17 bits per heavy atom. The Bertz CT molecular complexity index is 305. The van der Waals surface area contributed by atoms with Gasteiger partial charge in [-0.15, -0.1) is 0 Å². The Morgan fingerprint density at radius 1 is 1.50 bits per heavy atom. The van der Waals surface area contributed by atoms with E-state index in [1.807, 2.05) is 12.1 Å². The topological polar surface area (TPSA) is 43.1 Å². The van der Waals surface area contributed by atoms with Crippen molar-refractivity contribution in [2.75, 3.05) is 5.73 Å². The van der Waals surface area contributed by atoms with Crippen molar-refractivity contribution in [2.45, 2.75) is 20.3 Å². The summed E-state index contributed by atoms with van der Waals surface area (Å²) in [5.74, 6) is 0.0233. The van der Waals surface area contributed by atoms with Crippen molar-refractivity contribution in [3.05, 3.63) is 29.3 Å². The number of carbonyl (C=O) groups excluding carboxylic acids is 1. The number of benzene rings is 1. The highest BCUT2D eigenvalue weighted by Crippen LogP contribution is 2.14. The maximum absolute atomic E-state index is 11.0. The Kier molecular flexibility index (Phi) is 2.48. The van der Waals surface area contributed by atoms with Crippen LogP contribution in [0.3, 0.4) is 0 Å². The molecule has 0 bridgehead atoms. The van der Waals surface area contributed by atoms with Crippen LogP contribution in [0.4, 0.5) is 5.69 Å². The summed E-state index contributed by atoms with van der Waals surface area (Å²) in [6.07, 6.45) is 0.947. The molecule has 0 atom stereocenters. The van der Waals surface area contributed by atoms with Crippen molar-refractivity contribution in [3.63, 3.8) is 0 Å². The second-order valence-electron chi connectivity index (χ2n) is 2.83. The first-order valence-electron chi connectivity index (χ1n) is 4.04. The minimum atomic E-state index is 0.0233. The smallest absolute Gasteiger partial charge is 0.161 e. The van der Waals surface area contributed by atoms with Gasteiger partial charge in [-0.2, -0.15) is 0 Å². The third-order valence-electron chi connectivity index (χ3n) is 1.90. The Labute approximate surface area is 72.4 Å². The van der Waals surface area contributed by atoms with Crippen molar-refractivity contribution in [3.8, 4) is 0 Å². The summed E-state index contributed by atoms with van der Waals surface area (Å²) >= 11 is 0. The van der Waals surface area contributed by atoms with E-state index in [1.165, 1.54) is 6.92 Å². The summed E-state index contributed by atoms with van der Waals surface area (Å²) in [5, 5.41) is 0.